The van der Waals surface area contributed by atoms with Crippen molar-refractivity contribution in [1.29, 1.82) is 0 Å². The van der Waals surface area contributed by atoms with Crippen LogP contribution in [0, 0.1) is 6.92 Å². The molecule has 1 N–H and O–H groups in total. The molecule has 0 amide bonds. The Morgan fingerprint density at radius 1 is 1.20 bits per heavy atom. The lowest BCUT2D eigenvalue weighted by molar-refractivity contribution is 0.0601. The highest BCUT2D eigenvalue weighted by Crippen LogP contribution is 2.29. The van der Waals surface area contributed by atoms with Crippen LogP contribution >= 0.6 is 39.1 Å². The molecule has 0 radical (unpaired) electrons. The first-order valence-corrected chi connectivity index (χ1v) is 9.17. The highest BCUT2D eigenvalue weighted by molar-refractivity contribution is 9.10. The van der Waals surface area contributed by atoms with Crippen LogP contribution in [-0.4, -0.2) is 26.2 Å². The predicted octanol–water partition coefficient (Wildman–Crippen LogP) is 5.73. The van der Waals surface area contributed by atoms with E-state index in [2.05, 4.69) is 21.2 Å². The third-order valence-electron chi connectivity index (χ3n) is 3.42. The van der Waals surface area contributed by atoms with Crippen LogP contribution < -0.4 is 10.1 Å². The fourth-order valence-corrected chi connectivity index (χ4v) is 3.24. The number of carbonyl (C=O) groups is 1. The number of ether oxygens (including phenoxy) is 2. The van der Waals surface area contributed by atoms with Gasteiger partial charge < -0.3 is 14.8 Å². The number of anilines is 1. The monoisotopic (exact) mass is 445 g/mol. The maximum atomic E-state index is 11.9. The highest BCUT2D eigenvalue weighted by atomic mass is 79.9. The van der Waals surface area contributed by atoms with Gasteiger partial charge in [-0.3, -0.25) is 0 Å². The van der Waals surface area contributed by atoms with Crippen LogP contribution in [0.2, 0.25) is 10.0 Å². The SMILES string of the molecule is COC(=O)c1cc(C)cc(Br)c1NCCCOc1ccc(Cl)c(Cl)c1. The first-order valence-electron chi connectivity index (χ1n) is 7.62. The lowest BCUT2D eigenvalue weighted by Gasteiger charge is -2.14. The molecule has 0 saturated carbocycles. The van der Waals surface area contributed by atoms with Gasteiger partial charge >= 0.3 is 5.97 Å². The molecule has 4 nitrogen and oxygen atoms in total. The molecule has 0 aliphatic rings. The average Bonchev–Trinajstić information content (AvgIpc) is 2.58. The van der Waals surface area contributed by atoms with E-state index in [1.165, 1.54) is 7.11 Å². The number of aryl methyl sites for hydroxylation is 1. The summed E-state index contributed by atoms with van der Waals surface area (Å²) in [5.74, 6) is 0.292. The summed E-state index contributed by atoms with van der Waals surface area (Å²) in [5, 5.41) is 4.21. The van der Waals surface area contributed by atoms with Crippen molar-refractivity contribution in [1.82, 2.24) is 0 Å². The van der Waals surface area contributed by atoms with Crippen molar-refractivity contribution in [2.75, 3.05) is 25.6 Å². The molecule has 0 aliphatic carbocycles. The van der Waals surface area contributed by atoms with Gasteiger partial charge in [0.1, 0.15) is 5.75 Å². The molecule has 2 aromatic rings. The number of rotatable bonds is 7. The summed E-state index contributed by atoms with van der Waals surface area (Å²) >= 11 is 15.3. The molecule has 0 saturated heterocycles. The minimum atomic E-state index is -0.376. The first-order chi connectivity index (χ1) is 11.9. The Hall–Kier alpha value is -1.43. The van der Waals surface area contributed by atoms with Gasteiger partial charge in [0.2, 0.25) is 0 Å². The van der Waals surface area contributed by atoms with Crippen LogP contribution in [0.25, 0.3) is 0 Å². The summed E-state index contributed by atoms with van der Waals surface area (Å²) in [4.78, 5) is 11.9. The van der Waals surface area contributed by atoms with Gasteiger partial charge in [-0.25, -0.2) is 4.79 Å². The second kappa shape index (κ2) is 9.32. The van der Waals surface area contributed by atoms with Crippen LogP contribution in [0.1, 0.15) is 22.3 Å². The number of halogens is 3. The Morgan fingerprint density at radius 2 is 1.96 bits per heavy atom. The van der Waals surface area contributed by atoms with Crippen molar-refractivity contribution in [3.8, 4) is 5.75 Å². The van der Waals surface area contributed by atoms with Crippen LogP contribution in [0.15, 0.2) is 34.8 Å². The topological polar surface area (TPSA) is 47.6 Å². The zero-order valence-electron chi connectivity index (χ0n) is 13.9. The molecular formula is C18H18BrCl2NO3. The van der Waals surface area contributed by atoms with Gasteiger partial charge in [0.15, 0.2) is 0 Å². The van der Waals surface area contributed by atoms with E-state index in [4.69, 9.17) is 32.7 Å². The van der Waals surface area contributed by atoms with E-state index in [0.29, 0.717) is 40.2 Å². The van der Waals surface area contributed by atoms with Crippen LogP contribution in [0.5, 0.6) is 5.75 Å². The van der Waals surface area contributed by atoms with Gasteiger partial charge in [-0.05, 0) is 59.1 Å². The van der Waals surface area contributed by atoms with E-state index in [9.17, 15) is 4.79 Å². The van der Waals surface area contributed by atoms with Gasteiger partial charge in [-0.2, -0.15) is 0 Å². The smallest absolute Gasteiger partial charge is 0.340 e. The van der Waals surface area contributed by atoms with Crippen molar-refractivity contribution in [3.63, 3.8) is 0 Å². The molecule has 7 heteroatoms. The average molecular weight is 447 g/mol. The fraction of sp³-hybridized carbons (Fsp3) is 0.278. The third-order valence-corrected chi connectivity index (χ3v) is 4.79. The van der Waals surface area contributed by atoms with E-state index in [1.54, 1.807) is 24.3 Å². The normalized spacial score (nSPS) is 10.4. The maximum absolute atomic E-state index is 11.9. The number of nitrogens with one attached hydrogen (secondary N) is 1. The van der Waals surface area contributed by atoms with E-state index in [-0.39, 0.29) is 5.97 Å². The second-order valence-corrected chi connectivity index (χ2v) is 7.03. The third kappa shape index (κ3) is 5.53. The number of benzene rings is 2. The Balaban J connectivity index is 1.91. The van der Waals surface area contributed by atoms with Crippen molar-refractivity contribution in [3.05, 3.63) is 56.0 Å². The lowest BCUT2D eigenvalue weighted by Crippen LogP contribution is -2.12. The maximum Gasteiger partial charge on any atom is 0.340 e. The molecule has 0 spiro atoms. The number of hydrogen-bond acceptors (Lipinski definition) is 4. The molecule has 25 heavy (non-hydrogen) atoms. The standard InChI is InChI=1S/C18H18BrCl2NO3/c1-11-8-13(18(23)24-2)17(14(19)9-11)22-6-3-7-25-12-4-5-15(20)16(21)10-12/h4-5,8-10,22H,3,6-7H2,1-2H3. The Morgan fingerprint density at radius 3 is 2.64 bits per heavy atom. The summed E-state index contributed by atoms with van der Waals surface area (Å²) in [5.41, 5.74) is 2.19. The largest absolute Gasteiger partial charge is 0.493 e. The van der Waals surface area contributed by atoms with Crippen molar-refractivity contribution in [2.45, 2.75) is 13.3 Å². The molecule has 0 aromatic heterocycles. The molecule has 0 unspecified atom stereocenters. The Kier molecular flexibility index (Phi) is 7.41. The summed E-state index contributed by atoms with van der Waals surface area (Å²) in [6.07, 6.45) is 0.737. The van der Waals surface area contributed by atoms with E-state index < -0.39 is 0 Å². The van der Waals surface area contributed by atoms with Crippen LogP contribution in [0.3, 0.4) is 0 Å². The summed E-state index contributed by atoms with van der Waals surface area (Å²) in [7, 11) is 1.37. The Labute approximate surface area is 165 Å². The zero-order chi connectivity index (χ0) is 18.4. The fourth-order valence-electron chi connectivity index (χ4n) is 2.24. The van der Waals surface area contributed by atoms with E-state index >= 15 is 0 Å². The molecule has 0 fully saturated rings. The van der Waals surface area contributed by atoms with E-state index in [1.807, 2.05) is 13.0 Å². The molecular weight excluding hydrogens is 429 g/mol. The zero-order valence-corrected chi connectivity index (χ0v) is 17.0. The molecule has 134 valence electrons. The van der Waals surface area contributed by atoms with Crippen molar-refractivity contribution in [2.24, 2.45) is 0 Å². The van der Waals surface area contributed by atoms with Gasteiger partial charge in [-0.1, -0.05) is 23.2 Å². The van der Waals surface area contributed by atoms with Gasteiger partial charge in [0, 0.05) is 17.1 Å². The summed E-state index contributed by atoms with van der Waals surface area (Å²) in [6.45, 7) is 3.06. The molecule has 0 aliphatic heterocycles. The highest BCUT2D eigenvalue weighted by Gasteiger charge is 2.15. The van der Waals surface area contributed by atoms with Gasteiger partial charge in [0.25, 0.3) is 0 Å². The second-order valence-electron chi connectivity index (χ2n) is 5.37. The number of carbonyl (C=O) groups excluding carboxylic acids is 1. The summed E-state index contributed by atoms with van der Waals surface area (Å²) < 4.78 is 11.3. The van der Waals surface area contributed by atoms with Gasteiger partial charge in [-0.15, -0.1) is 0 Å². The molecule has 0 bridgehead atoms. The van der Waals surface area contributed by atoms with Crippen molar-refractivity contribution >= 4 is 50.8 Å². The van der Waals surface area contributed by atoms with Crippen LogP contribution in [0.4, 0.5) is 5.69 Å². The van der Waals surface area contributed by atoms with Crippen LogP contribution in [-0.2, 0) is 4.74 Å². The van der Waals surface area contributed by atoms with E-state index in [0.717, 1.165) is 16.5 Å². The molecule has 2 aromatic carbocycles. The number of esters is 1. The molecule has 2 rings (SSSR count). The Bertz CT molecular complexity index is 768. The first kappa shape index (κ1) is 19.9. The lowest BCUT2D eigenvalue weighted by atomic mass is 10.1. The van der Waals surface area contributed by atoms with Crippen molar-refractivity contribution < 1.29 is 14.3 Å². The predicted molar refractivity (Wildman–Crippen MR) is 105 cm³/mol. The summed E-state index contributed by atoms with van der Waals surface area (Å²) in [6, 6.07) is 8.90. The number of hydrogen-bond donors (Lipinski definition) is 1. The molecule has 0 atom stereocenters. The quantitative estimate of drug-likeness (QED) is 0.435. The number of methoxy groups -OCH3 is 1. The van der Waals surface area contributed by atoms with Gasteiger partial charge in [0.05, 0.1) is 35.0 Å². The minimum absolute atomic E-state index is 0.376. The minimum Gasteiger partial charge on any atom is -0.493 e. The molecule has 0 heterocycles.